The largest absolute Gasteiger partial charge is 0.370 e. The van der Waals surface area contributed by atoms with Crippen molar-refractivity contribution in [1.29, 1.82) is 5.41 Å². The summed E-state index contributed by atoms with van der Waals surface area (Å²) < 4.78 is 0. The molecule has 1 saturated carbocycles. The van der Waals surface area contributed by atoms with E-state index in [1.807, 2.05) is 61.5 Å². The average Bonchev–Trinajstić information content (AvgIpc) is 2.75. The maximum absolute atomic E-state index is 8.33. The molecule has 176 valence electrons. The van der Waals surface area contributed by atoms with Crippen molar-refractivity contribution in [2.75, 3.05) is 4.90 Å². The molecule has 3 aromatic rings. The molecule has 1 aromatic heterocycles. The van der Waals surface area contributed by atoms with Gasteiger partial charge in [0.15, 0.2) is 11.8 Å². The normalized spacial score (nSPS) is 17.9. The van der Waals surface area contributed by atoms with Crippen LogP contribution in [0, 0.1) is 12.3 Å². The van der Waals surface area contributed by atoms with E-state index in [9.17, 15) is 0 Å². The minimum absolute atomic E-state index is 0. The van der Waals surface area contributed by atoms with Gasteiger partial charge in [-0.3, -0.25) is 10.3 Å². The predicted octanol–water partition coefficient (Wildman–Crippen LogP) is 5.58. The smallest absolute Gasteiger partial charge is 0.194 e. The summed E-state index contributed by atoms with van der Waals surface area (Å²) in [6.07, 6.45) is 7.77. The first-order valence-electron chi connectivity index (χ1n) is 10.5. The number of hydrogen-bond acceptors (Lipinski definition) is 4. The molecule has 0 saturated heterocycles. The Morgan fingerprint density at radius 2 is 1.76 bits per heavy atom. The maximum atomic E-state index is 8.33. The maximum Gasteiger partial charge on any atom is 0.194 e. The molecule has 0 spiro atoms. The molecule has 2 aromatic carbocycles. The van der Waals surface area contributed by atoms with Crippen LogP contribution in [0.15, 0.2) is 42.5 Å². The van der Waals surface area contributed by atoms with Crippen molar-refractivity contribution in [2.45, 2.75) is 44.7 Å². The minimum Gasteiger partial charge on any atom is -0.370 e. The SMILES string of the molecule is Cc1ccc2nc(C=Cc3ccc(Cl)cc3)nc(N(C(=N)N)[C@H]3CCCC[C@H]3N)c2c1.Cl.Cl. The summed E-state index contributed by atoms with van der Waals surface area (Å²) in [5.41, 5.74) is 15.4. The van der Waals surface area contributed by atoms with Crippen LogP contribution in [0.1, 0.15) is 42.6 Å². The van der Waals surface area contributed by atoms with E-state index in [1.165, 1.54) is 0 Å². The molecule has 0 radical (unpaired) electrons. The summed E-state index contributed by atoms with van der Waals surface area (Å²) >= 11 is 5.98. The van der Waals surface area contributed by atoms with Crippen molar-refractivity contribution in [3.63, 3.8) is 0 Å². The van der Waals surface area contributed by atoms with Gasteiger partial charge in [-0.1, -0.05) is 54.3 Å². The first kappa shape index (κ1) is 26.9. The fraction of sp³-hybridized carbons (Fsp3) is 0.292. The lowest BCUT2D eigenvalue weighted by molar-refractivity contribution is 0.382. The van der Waals surface area contributed by atoms with Crippen LogP contribution in [0.5, 0.6) is 0 Å². The average molecular weight is 508 g/mol. The van der Waals surface area contributed by atoms with Crippen LogP contribution in [0.4, 0.5) is 5.82 Å². The Morgan fingerprint density at radius 3 is 2.42 bits per heavy atom. The van der Waals surface area contributed by atoms with E-state index >= 15 is 0 Å². The van der Waals surface area contributed by atoms with Crippen molar-refractivity contribution >= 4 is 71.2 Å². The number of nitrogens with zero attached hydrogens (tertiary/aromatic N) is 3. The Kier molecular flexibility index (Phi) is 9.49. The first-order valence-corrected chi connectivity index (χ1v) is 10.9. The number of aromatic nitrogens is 2. The lowest BCUT2D eigenvalue weighted by Gasteiger charge is -2.38. The molecule has 0 amide bonds. The lowest BCUT2D eigenvalue weighted by atomic mass is 9.89. The van der Waals surface area contributed by atoms with Gasteiger partial charge in [0, 0.05) is 16.5 Å². The fourth-order valence-corrected chi connectivity index (χ4v) is 4.28. The number of anilines is 1. The predicted molar refractivity (Wildman–Crippen MR) is 144 cm³/mol. The zero-order valence-electron chi connectivity index (χ0n) is 18.4. The molecule has 9 heteroatoms. The number of aryl methyl sites for hydroxylation is 1. The topological polar surface area (TPSA) is 105 Å². The van der Waals surface area contributed by atoms with E-state index in [1.54, 1.807) is 4.90 Å². The highest BCUT2D eigenvalue weighted by Gasteiger charge is 2.31. The summed E-state index contributed by atoms with van der Waals surface area (Å²) in [6, 6.07) is 13.5. The lowest BCUT2D eigenvalue weighted by Crippen LogP contribution is -2.54. The fourth-order valence-electron chi connectivity index (χ4n) is 4.16. The highest BCUT2D eigenvalue weighted by atomic mass is 35.5. The van der Waals surface area contributed by atoms with E-state index in [2.05, 4.69) is 0 Å². The molecular formula is C24H29Cl3N6. The van der Waals surface area contributed by atoms with E-state index in [0.717, 1.165) is 47.7 Å². The Labute approximate surface area is 211 Å². The molecule has 2 atom stereocenters. The number of guanidine groups is 1. The van der Waals surface area contributed by atoms with Crippen LogP contribution in [-0.2, 0) is 0 Å². The second-order valence-corrected chi connectivity index (χ2v) is 8.52. The summed E-state index contributed by atoms with van der Waals surface area (Å²) in [5, 5.41) is 9.89. The Balaban J connectivity index is 0.00000193. The number of fused-ring (bicyclic) bond motifs is 1. The highest BCUT2D eigenvalue weighted by molar-refractivity contribution is 6.30. The van der Waals surface area contributed by atoms with Gasteiger partial charge in [-0.25, -0.2) is 9.97 Å². The monoisotopic (exact) mass is 506 g/mol. The third-order valence-electron chi connectivity index (χ3n) is 5.74. The van der Waals surface area contributed by atoms with Gasteiger partial charge in [-0.2, -0.15) is 0 Å². The van der Waals surface area contributed by atoms with Gasteiger partial charge in [0.25, 0.3) is 0 Å². The minimum atomic E-state index is -0.0574. The van der Waals surface area contributed by atoms with Crippen LogP contribution in [-0.4, -0.2) is 28.0 Å². The second-order valence-electron chi connectivity index (χ2n) is 8.08. The molecule has 6 nitrogen and oxygen atoms in total. The Hall–Kier alpha value is -2.38. The van der Waals surface area contributed by atoms with Gasteiger partial charge in [0.05, 0.1) is 11.6 Å². The molecule has 1 aliphatic rings. The van der Waals surface area contributed by atoms with Crippen LogP contribution in [0.25, 0.3) is 23.1 Å². The van der Waals surface area contributed by atoms with Gasteiger partial charge in [0.1, 0.15) is 5.82 Å². The Morgan fingerprint density at radius 1 is 1.06 bits per heavy atom. The number of hydrogen-bond donors (Lipinski definition) is 3. The van der Waals surface area contributed by atoms with Crippen LogP contribution in [0.2, 0.25) is 5.02 Å². The summed E-state index contributed by atoms with van der Waals surface area (Å²) in [4.78, 5) is 11.4. The number of rotatable bonds is 4. The molecular weight excluding hydrogens is 479 g/mol. The molecule has 0 unspecified atom stereocenters. The zero-order chi connectivity index (χ0) is 22.0. The third-order valence-corrected chi connectivity index (χ3v) is 6.00. The molecule has 0 bridgehead atoms. The molecule has 1 fully saturated rings. The molecule has 1 heterocycles. The second kappa shape index (κ2) is 11.7. The van der Waals surface area contributed by atoms with E-state index in [4.69, 9.17) is 38.4 Å². The van der Waals surface area contributed by atoms with E-state index in [-0.39, 0.29) is 42.9 Å². The molecule has 1 aliphatic carbocycles. The van der Waals surface area contributed by atoms with Gasteiger partial charge in [0.2, 0.25) is 0 Å². The molecule has 0 aliphatic heterocycles. The van der Waals surface area contributed by atoms with Crippen LogP contribution >= 0.6 is 36.4 Å². The van der Waals surface area contributed by atoms with E-state index < -0.39 is 0 Å². The molecule has 33 heavy (non-hydrogen) atoms. The summed E-state index contributed by atoms with van der Waals surface area (Å²) in [6.45, 7) is 2.03. The molecule has 4 rings (SSSR count). The summed E-state index contributed by atoms with van der Waals surface area (Å²) in [7, 11) is 0. The van der Waals surface area contributed by atoms with Crippen LogP contribution in [0.3, 0.4) is 0 Å². The standard InChI is InChI=1S/C24H27ClN6.2ClH/c1-15-6-12-20-18(14-15)23(31(24(27)28)21-5-3-2-4-19(21)26)30-22(29-20)13-9-16-7-10-17(25)11-8-16;;/h6-14,19,21H,2-5,26H2,1H3,(H3,27,28);2*1H/t19-,21+;;/m1../s1. The van der Waals surface area contributed by atoms with Crippen molar-refractivity contribution < 1.29 is 0 Å². The zero-order valence-corrected chi connectivity index (χ0v) is 20.8. The number of benzene rings is 2. The number of halogens is 3. The Bertz CT molecular complexity index is 1130. The first-order chi connectivity index (χ1) is 14.9. The van der Waals surface area contributed by atoms with Crippen molar-refractivity contribution in [3.8, 4) is 0 Å². The van der Waals surface area contributed by atoms with Crippen LogP contribution < -0.4 is 16.4 Å². The summed E-state index contributed by atoms with van der Waals surface area (Å²) in [5.74, 6) is 1.15. The third kappa shape index (κ3) is 6.15. The van der Waals surface area contributed by atoms with Crippen molar-refractivity contribution in [2.24, 2.45) is 11.5 Å². The van der Waals surface area contributed by atoms with Gasteiger partial charge in [-0.05, 0) is 55.7 Å². The van der Waals surface area contributed by atoms with E-state index in [0.29, 0.717) is 16.7 Å². The quantitative estimate of drug-likeness (QED) is 0.316. The van der Waals surface area contributed by atoms with Gasteiger partial charge >= 0.3 is 0 Å². The number of nitrogens with two attached hydrogens (primary N) is 2. The van der Waals surface area contributed by atoms with Crippen molar-refractivity contribution in [1.82, 2.24) is 9.97 Å². The molecule has 5 N–H and O–H groups in total. The van der Waals surface area contributed by atoms with Crippen molar-refractivity contribution in [3.05, 3.63) is 64.4 Å². The van der Waals surface area contributed by atoms with Gasteiger partial charge < -0.3 is 11.5 Å². The van der Waals surface area contributed by atoms with Gasteiger partial charge in [-0.15, -0.1) is 24.8 Å². The number of nitrogens with one attached hydrogen (secondary N) is 1. The highest BCUT2D eigenvalue weighted by Crippen LogP contribution is 2.31.